The second-order valence-electron chi connectivity index (χ2n) is 7.12. The van der Waals surface area contributed by atoms with Gasteiger partial charge in [-0.2, -0.15) is 26.3 Å². The molecular weight excluding hydrogens is 430 g/mol. The molecule has 2 aliphatic rings. The third-order valence-electron chi connectivity index (χ3n) is 5.08. The van der Waals surface area contributed by atoms with Crippen LogP contribution in [0.1, 0.15) is 21.5 Å². The molecule has 0 bridgehead atoms. The van der Waals surface area contributed by atoms with Crippen LogP contribution in [-0.2, 0) is 17.1 Å². The number of amides is 2. The Kier molecular flexibility index (Phi) is 4.91. The van der Waals surface area contributed by atoms with Gasteiger partial charge in [0.2, 0.25) is 5.91 Å². The van der Waals surface area contributed by atoms with Crippen molar-refractivity contribution in [1.82, 2.24) is 15.2 Å². The molecule has 1 fully saturated rings. The van der Waals surface area contributed by atoms with Crippen molar-refractivity contribution in [2.75, 3.05) is 25.0 Å². The van der Waals surface area contributed by atoms with Gasteiger partial charge in [-0.15, -0.1) is 0 Å². The number of hydrogen-bond donors (Lipinski definition) is 2. The number of piperazine rings is 1. The fourth-order valence-electron chi connectivity index (χ4n) is 3.54. The van der Waals surface area contributed by atoms with Crippen LogP contribution in [-0.4, -0.2) is 47.4 Å². The van der Waals surface area contributed by atoms with Crippen molar-refractivity contribution in [3.8, 4) is 11.3 Å². The van der Waals surface area contributed by atoms with Gasteiger partial charge < -0.3 is 15.5 Å². The zero-order valence-corrected chi connectivity index (χ0v) is 15.6. The van der Waals surface area contributed by atoms with Crippen LogP contribution in [0.4, 0.5) is 32.0 Å². The van der Waals surface area contributed by atoms with E-state index in [9.17, 15) is 35.9 Å². The Balaban J connectivity index is 1.83. The summed E-state index contributed by atoms with van der Waals surface area (Å²) in [6.07, 6.45) is -8.97. The maximum atomic E-state index is 13.2. The minimum absolute atomic E-state index is 0.0175. The Morgan fingerprint density at radius 2 is 1.61 bits per heavy atom. The first-order chi connectivity index (χ1) is 14.4. The van der Waals surface area contributed by atoms with Gasteiger partial charge in [-0.3, -0.25) is 14.6 Å². The van der Waals surface area contributed by atoms with E-state index in [0.717, 1.165) is 12.3 Å². The number of anilines is 1. The van der Waals surface area contributed by atoms with Crippen molar-refractivity contribution in [2.24, 2.45) is 0 Å². The van der Waals surface area contributed by atoms with E-state index in [-0.39, 0.29) is 36.1 Å². The fourth-order valence-corrected chi connectivity index (χ4v) is 3.54. The summed E-state index contributed by atoms with van der Waals surface area (Å²) < 4.78 is 79.0. The summed E-state index contributed by atoms with van der Waals surface area (Å²) >= 11 is 0. The van der Waals surface area contributed by atoms with Crippen LogP contribution in [0.2, 0.25) is 0 Å². The van der Waals surface area contributed by atoms with Crippen LogP contribution < -0.4 is 10.6 Å². The molecule has 2 N–H and O–H groups in total. The van der Waals surface area contributed by atoms with Gasteiger partial charge in [-0.05, 0) is 24.3 Å². The Hall–Kier alpha value is -3.15. The zero-order chi connectivity index (χ0) is 22.6. The maximum Gasteiger partial charge on any atom is 0.416 e. The van der Waals surface area contributed by atoms with E-state index in [0.29, 0.717) is 18.7 Å². The number of halogens is 6. The molecule has 3 heterocycles. The van der Waals surface area contributed by atoms with Gasteiger partial charge in [-0.25, -0.2) is 0 Å². The maximum absolute atomic E-state index is 13.2. The van der Waals surface area contributed by atoms with E-state index in [1.54, 1.807) is 0 Å². The molecule has 6 nitrogen and oxygen atoms in total. The van der Waals surface area contributed by atoms with E-state index in [1.807, 2.05) is 0 Å². The molecule has 164 valence electrons. The van der Waals surface area contributed by atoms with Gasteiger partial charge in [0.05, 0.1) is 34.3 Å². The Morgan fingerprint density at radius 3 is 2.23 bits per heavy atom. The Morgan fingerprint density at radius 1 is 0.968 bits per heavy atom. The van der Waals surface area contributed by atoms with Gasteiger partial charge in [-0.1, -0.05) is 0 Å². The minimum atomic E-state index is -5.01. The third kappa shape index (κ3) is 3.94. The van der Waals surface area contributed by atoms with Gasteiger partial charge >= 0.3 is 12.4 Å². The molecule has 0 radical (unpaired) electrons. The van der Waals surface area contributed by atoms with E-state index in [2.05, 4.69) is 15.6 Å². The first-order valence-corrected chi connectivity index (χ1v) is 9.07. The van der Waals surface area contributed by atoms with Crippen molar-refractivity contribution >= 4 is 17.5 Å². The van der Waals surface area contributed by atoms with Crippen molar-refractivity contribution in [2.45, 2.75) is 18.4 Å². The summed E-state index contributed by atoms with van der Waals surface area (Å²) in [6, 6.07) is 1.40. The molecule has 0 spiro atoms. The summed E-state index contributed by atoms with van der Waals surface area (Å²) in [7, 11) is 0. The number of alkyl halides is 6. The molecule has 0 aliphatic carbocycles. The van der Waals surface area contributed by atoms with E-state index in [4.69, 9.17) is 0 Å². The topological polar surface area (TPSA) is 74.3 Å². The molecule has 1 aromatic heterocycles. The highest BCUT2D eigenvalue weighted by Crippen LogP contribution is 2.39. The molecule has 0 saturated carbocycles. The second-order valence-corrected chi connectivity index (χ2v) is 7.12. The van der Waals surface area contributed by atoms with Crippen molar-refractivity contribution in [1.29, 1.82) is 0 Å². The van der Waals surface area contributed by atoms with Gasteiger partial charge in [0, 0.05) is 25.2 Å². The van der Waals surface area contributed by atoms with Crippen molar-refractivity contribution < 1.29 is 35.9 Å². The first kappa shape index (κ1) is 21.1. The van der Waals surface area contributed by atoms with Gasteiger partial charge in [0.15, 0.2) is 0 Å². The number of nitrogens with zero attached hydrogens (tertiary/aromatic N) is 2. The lowest BCUT2D eigenvalue weighted by Crippen LogP contribution is -2.57. The quantitative estimate of drug-likeness (QED) is 0.663. The van der Waals surface area contributed by atoms with Gasteiger partial charge in [0.1, 0.15) is 6.04 Å². The molecule has 2 aliphatic heterocycles. The standard InChI is InChI=1S/C19H14F6N4O2/c20-18(21,22)10-3-9(4-11(5-10)19(23,24)25)13-6-12-14(7-27-13)28-16(30)15-8-26-1-2-29(15)17(12)31/h3-7,15,26H,1-2,8H2,(H,28,30)/t15-/m0/s1. The molecule has 12 heteroatoms. The van der Waals surface area contributed by atoms with Gasteiger partial charge in [0.25, 0.3) is 5.91 Å². The van der Waals surface area contributed by atoms with Crippen LogP contribution in [0.3, 0.4) is 0 Å². The molecule has 1 saturated heterocycles. The fraction of sp³-hybridized carbons (Fsp3) is 0.316. The predicted octanol–water partition coefficient (Wildman–Crippen LogP) is 3.15. The third-order valence-corrected chi connectivity index (χ3v) is 5.08. The number of pyridine rings is 1. The van der Waals surface area contributed by atoms with E-state index < -0.39 is 46.9 Å². The van der Waals surface area contributed by atoms with E-state index in [1.165, 1.54) is 4.90 Å². The highest BCUT2D eigenvalue weighted by Gasteiger charge is 2.39. The largest absolute Gasteiger partial charge is 0.416 e. The summed E-state index contributed by atoms with van der Waals surface area (Å²) in [5.74, 6) is -1.03. The number of fused-ring (bicyclic) bond motifs is 2. The molecular formula is C19H14F6N4O2. The smallest absolute Gasteiger partial charge is 0.324 e. The van der Waals surface area contributed by atoms with Crippen molar-refractivity contribution in [3.63, 3.8) is 0 Å². The van der Waals surface area contributed by atoms with E-state index >= 15 is 0 Å². The average molecular weight is 444 g/mol. The number of rotatable bonds is 1. The molecule has 1 atom stereocenters. The average Bonchev–Trinajstić information content (AvgIpc) is 2.81. The number of hydrogen-bond acceptors (Lipinski definition) is 4. The number of nitrogens with one attached hydrogen (secondary N) is 2. The lowest BCUT2D eigenvalue weighted by Gasteiger charge is -2.33. The van der Waals surface area contributed by atoms with Crippen LogP contribution in [0.25, 0.3) is 11.3 Å². The van der Waals surface area contributed by atoms with Crippen LogP contribution in [0.5, 0.6) is 0 Å². The summed E-state index contributed by atoms with van der Waals surface area (Å²) in [5, 5.41) is 5.52. The number of aromatic nitrogens is 1. The SMILES string of the molecule is O=C1Nc2cnc(-c3cc(C(F)(F)F)cc(C(F)(F)F)c3)cc2C(=O)N2CCNC[C@@H]12. The van der Waals surface area contributed by atoms with Crippen LogP contribution in [0, 0.1) is 0 Å². The normalized spacial score (nSPS) is 19.4. The van der Waals surface area contributed by atoms with Crippen LogP contribution >= 0.6 is 0 Å². The highest BCUT2D eigenvalue weighted by molar-refractivity contribution is 6.10. The molecule has 4 rings (SSSR count). The summed E-state index contributed by atoms with van der Waals surface area (Å²) in [6.45, 7) is 0.871. The molecule has 1 aromatic carbocycles. The monoisotopic (exact) mass is 444 g/mol. The molecule has 31 heavy (non-hydrogen) atoms. The highest BCUT2D eigenvalue weighted by atomic mass is 19.4. The Bertz CT molecular complexity index is 1030. The molecule has 2 aromatic rings. The number of benzene rings is 1. The Labute approximate surface area is 171 Å². The lowest BCUT2D eigenvalue weighted by atomic mass is 10.0. The van der Waals surface area contributed by atoms with Crippen LogP contribution in [0.15, 0.2) is 30.5 Å². The zero-order valence-electron chi connectivity index (χ0n) is 15.6. The lowest BCUT2D eigenvalue weighted by molar-refractivity contribution is -0.143. The number of carbonyl (C=O) groups excluding carboxylic acids is 2. The number of carbonyl (C=O) groups is 2. The second kappa shape index (κ2) is 7.22. The molecule has 0 unspecified atom stereocenters. The molecule has 2 amide bonds. The van der Waals surface area contributed by atoms with Crippen molar-refractivity contribution in [3.05, 3.63) is 47.2 Å². The summed E-state index contributed by atoms with van der Waals surface area (Å²) in [4.78, 5) is 30.6. The minimum Gasteiger partial charge on any atom is -0.324 e. The predicted molar refractivity (Wildman–Crippen MR) is 96.0 cm³/mol. The summed E-state index contributed by atoms with van der Waals surface area (Å²) in [5.41, 5.74) is -3.71. The first-order valence-electron chi connectivity index (χ1n) is 9.07.